The van der Waals surface area contributed by atoms with Crippen LogP contribution in [0.5, 0.6) is 0 Å². The van der Waals surface area contributed by atoms with Crippen molar-refractivity contribution in [3.63, 3.8) is 0 Å². The summed E-state index contributed by atoms with van der Waals surface area (Å²) in [6.07, 6.45) is 2.16. The molecule has 0 radical (unpaired) electrons. The molecule has 1 aliphatic rings. The van der Waals surface area contributed by atoms with Gasteiger partial charge in [0.25, 0.3) is 15.9 Å². The van der Waals surface area contributed by atoms with Crippen molar-refractivity contribution in [2.24, 2.45) is 0 Å². The Kier molecular flexibility index (Phi) is 6.55. The molecular formula is C23H23ClN2O5S. The van der Waals surface area contributed by atoms with Crippen molar-refractivity contribution in [3.05, 3.63) is 82.8 Å². The third-order valence-corrected chi connectivity index (χ3v) is 7.66. The van der Waals surface area contributed by atoms with E-state index in [9.17, 15) is 13.2 Å². The Hall–Kier alpha value is -2.81. The lowest BCUT2D eigenvalue weighted by molar-refractivity contribution is 0.0666. The zero-order valence-electron chi connectivity index (χ0n) is 17.5. The molecule has 168 valence electrons. The number of furan rings is 1. The lowest BCUT2D eigenvalue weighted by atomic mass is 10.2. The first kappa shape index (κ1) is 22.4. The number of benzene rings is 2. The number of methoxy groups -OCH3 is 1. The van der Waals surface area contributed by atoms with E-state index < -0.39 is 10.0 Å². The summed E-state index contributed by atoms with van der Waals surface area (Å²) in [6, 6.07) is 15.2. The van der Waals surface area contributed by atoms with Gasteiger partial charge in [0.15, 0.2) is 0 Å². The number of para-hydroxylation sites is 1. The Morgan fingerprint density at radius 3 is 2.75 bits per heavy atom. The number of anilines is 1. The maximum absolute atomic E-state index is 13.5. The van der Waals surface area contributed by atoms with Gasteiger partial charge in [-0.05, 0) is 48.4 Å². The van der Waals surface area contributed by atoms with Gasteiger partial charge >= 0.3 is 0 Å². The minimum atomic E-state index is -3.94. The smallest absolute Gasteiger partial charge is 0.265 e. The van der Waals surface area contributed by atoms with Crippen LogP contribution >= 0.6 is 11.6 Å². The van der Waals surface area contributed by atoms with Gasteiger partial charge in [0, 0.05) is 25.8 Å². The zero-order valence-corrected chi connectivity index (χ0v) is 19.1. The highest BCUT2D eigenvalue weighted by Crippen LogP contribution is 2.35. The van der Waals surface area contributed by atoms with Gasteiger partial charge in [0.2, 0.25) is 0 Å². The molecule has 0 saturated heterocycles. The Bertz CT molecular complexity index is 1210. The van der Waals surface area contributed by atoms with E-state index in [-0.39, 0.29) is 27.9 Å². The maximum atomic E-state index is 13.5. The van der Waals surface area contributed by atoms with Crippen LogP contribution in [-0.4, -0.2) is 46.0 Å². The largest absolute Gasteiger partial charge is 0.467 e. The standard InChI is InChI=1S/C23H23ClN2O5S/c1-30-14-12-25(16-19-6-4-13-31-19)23(27)18-8-9-20(24)22(15-18)32(28,29)26-11-10-17-5-2-3-7-21(17)26/h2-9,13,15H,10-12,14,16H2,1H3. The molecule has 0 atom stereocenters. The van der Waals surface area contributed by atoms with Gasteiger partial charge in [-0.25, -0.2) is 8.42 Å². The molecule has 0 unspecified atom stereocenters. The van der Waals surface area contributed by atoms with Crippen molar-refractivity contribution < 1.29 is 22.4 Å². The molecule has 0 saturated carbocycles. The van der Waals surface area contributed by atoms with E-state index in [1.807, 2.05) is 12.1 Å². The number of amides is 1. The number of ether oxygens (including phenoxy) is 1. The Morgan fingerprint density at radius 2 is 2.00 bits per heavy atom. The number of halogens is 1. The van der Waals surface area contributed by atoms with Gasteiger partial charge in [-0.2, -0.15) is 0 Å². The van der Waals surface area contributed by atoms with E-state index in [2.05, 4.69) is 0 Å². The SMILES string of the molecule is COCCN(Cc1ccco1)C(=O)c1ccc(Cl)c(S(=O)(=O)N2CCc3ccccc32)c1. The van der Waals surface area contributed by atoms with Crippen molar-refractivity contribution in [3.8, 4) is 0 Å². The fraction of sp³-hybridized carbons (Fsp3) is 0.261. The lowest BCUT2D eigenvalue weighted by Crippen LogP contribution is -2.34. The fourth-order valence-corrected chi connectivity index (χ4v) is 5.74. The van der Waals surface area contributed by atoms with Crippen molar-refractivity contribution in [1.82, 2.24) is 4.90 Å². The highest BCUT2D eigenvalue weighted by Gasteiger charge is 2.33. The molecule has 1 amide bonds. The number of sulfonamides is 1. The Morgan fingerprint density at radius 1 is 1.19 bits per heavy atom. The summed E-state index contributed by atoms with van der Waals surface area (Å²) in [5, 5.41) is 0.0698. The third-order valence-electron chi connectivity index (χ3n) is 5.37. The van der Waals surface area contributed by atoms with Crippen LogP contribution in [0.15, 0.2) is 70.2 Å². The van der Waals surface area contributed by atoms with Crippen LogP contribution < -0.4 is 4.31 Å². The molecule has 0 fully saturated rings. The maximum Gasteiger partial charge on any atom is 0.265 e. The van der Waals surface area contributed by atoms with Crippen LogP contribution in [0.25, 0.3) is 0 Å². The lowest BCUT2D eigenvalue weighted by Gasteiger charge is -2.23. The van der Waals surface area contributed by atoms with Crippen LogP contribution in [0.2, 0.25) is 5.02 Å². The van der Waals surface area contributed by atoms with E-state index in [4.69, 9.17) is 20.8 Å². The summed E-state index contributed by atoms with van der Waals surface area (Å²) in [4.78, 5) is 14.7. The fourth-order valence-electron chi connectivity index (χ4n) is 3.74. The number of carbonyl (C=O) groups is 1. The minimum Gasteiger partial charge on any atom is -0.467 e. The number of rotatable bonds is 8. The molecular weight excluding hydrogens is 452 g/mol. The number of fused-ring (bicyclic) bond motifs is 1. The number of carbonyl (C=O) groups excluding carboxylic acids is 1. The van der Waals surface area contributed by atoms with E-state index >= 15 is 0 Å². The van der Waals surface area contributed by atoms with E-state index in [0.29, 0.717) is 37.6 Å². The molecule has 0 N–H and O–H groups in total. The van der Waals surface area contributed by atoms with Crippen molar-refractivity contribution in [2.45, 2.75) is 17.9 Å². The molecule has 7 nitrogen and oxygen atoms in total. The van der Waals surface area contributed by atoms with Crippen LogP contribution in [0.4, 0.5) is 5.69 Å². The second kappa shape index (κ2) is 9.36. The van der Waals surface area contributed by atoms with Gasteiger partial charge in [0.05, 0.1) is 30.1 Å². The molecule has 32 heavy (non-hydrogen) atoms. The van der Waals surface area contributed by atoms with Crippen molar-refractivity contribution >= 4 is 33.2 Å². The molecule has 0 bridgehead atoms. The highest BCUT2D eigenvalue weighted by molar-refractivity contribution is 7.93. The Balaban J connectivity index is 1.66. The summed E-state index contributed by atoms with van der Waals surface area (Å²) >= 11 is 6.30. The normalized spacial score (nSPS) is 13.2. The molecule has 0 spiro atoms. The predicted octanol–water partition coefficient (Wildman–Crippen LogP) is 3.97. The molecule has 4 rings (SSSR count). The Labute approximate surface area is 192 Å². The van der Waals surface area contributed by atoms with Gasteiger partial charge in [-0.1, -0.05) is 29.8 Å². The van der Waals surface area contributed by atoms with Crippen LogP contribution in [0, 0.1) is 0 Å². The average Bonchev–Trinajstić information content (AvgIpc) is 3.46. The second-order valence-corrected chi connectivity index (χ2v) is 9.64. The average molecular weight is 475 g/mol. The summed E-state index contributed by atoms with van der Waals surface area (Å²) < 4.78 is 38.8. The first-order valence-corrected chi connectivity index (χ1v) is 11.9. The zero-order chi connectivity index (χ0) is 22.7. The van der Waals surface area contributed by atoms with Crippen LogP contribution in [0.1, 0.15) is 21.7 Å². The van der Waals surface area contributed by atoms with Gasteiger partial charge in [-0.15, -0.1) is 0 Å². The summed E-state index contributed by atoms with van der Waals surface area (Å²) in [5.74, 6) is 0.276. The first-order valence-electron chi connectivity index (χ1n) is 10.1. The van der Waals surface area contributed by atoms with Gasteiger partial charge < -0.3 is 14.1 Å². The van der Waals surface area contributed by atoms with E-state index in [1.54, 1.807) is 36.3 Å². The van der Waals surface area contributed by atoms with Crippen molar-refractivity contribution in [1.29, 1.82) is 0 Å². The highest BCUT2D eigenvalue weighted by atomic mass is 35.5. The van der Waals surface area contributed by atoms with E-state index in [0.717, 1.165) is 5.56 Å². The first-order chi connectivity index (χ1) is 15.4. The van der Waals surface area contributed by atoms with Gasteiger partial charge in [0.1, 0.15) is 10.7 Å². The summed E-state index contributed by atoms with van der Waals surface area (Å²) in [7, 11) is -2.39. The number of hydrogen-bond acceptors (Lipinski definition) is 5. The number of nitrogens with zero attached hydrogens (tertiary/aromatic N) is 2. The second-order valence-electron chi connectivity index (χ2n) is 7.40. The van der Waals surface area contributed by atoms with Crippen LogP contribution in [-0.2, 0) is 27.7 Å². The quantitative estimate of drug-likeness (QED) is 0.493. The molecule has 1 aromatic heterocycles. The van der Waals surface area contributed by atoms with E-state index in [1.165, 1.54) is 28.8 Å². The molecule has 0 aliphatic carbocycles. The molecule has 1 aliphatic heterocycles. The third kappa shape index (κ3) is 4.39. The topological polar surface area (TPSA) is 80.1 Å². The molecule has 2 aromatic carbocycles. The summed E-state index contributed by atoms with van der Waals surface area (Å²) in [6.45, 7) is 1.21. The monoisotopic (exact) mass is 474 g/mol. The predicted molar refractivity (Wildman–Crippen MR) is 121 cm³/mol. The molecule has 2 heterocycles. The van der Waals surface area contributed by atoms with Crippen molar-refractivity contribution in [2.75, 3.05) is 31.1 Å². The molecule has 9 heteroatoms. The van der Waals surface area contributed by atoms with Crippen LogP contribution in [0.3, 0.4) is 0 Å². The van der Waals surface area contributed by atoms with Gasteiger partial charge in [-0.3, -0.25) is 9.10 Å². The number of hydrogen-bond donors (Lipinski definition) is 0. The summed E-state index contributed by atoms with van der Waals surface area (Å²) in [5.41, 5.74) is 1.83. The minimum absolute atomic E-state index is 0.0698. The molecule has 3 aromatic rings.